The summed E-state index contributed by atoms with van der Waals surface area (Å²) in [4.78, 5) is 20.4. The molecule has 8 heteroatoms. The molecule has 0 spiro atoms. The van der Waals surface area contributed by atoms with Crippen LogP contribution in [-0.4, -0.2) is 47.9 Å². The van der Waals surface area contributed by atoms with Gasteiger partial charge in [0.2, 0.25) is 5.95 Å². The van der Waals surface area contributed by atoms with Crippen molar-refractivity contribution in [2.45, 2.75) is 44.2 Å². The second-order valence-electron chi connectivity index (χ2n) is 8.68. The predicted molar refractivity (Wildman–Crippen MR) is 121 cm³/mol. The molecule has 0 atom stereocenters. The quantitative estimate of drug-likeness (QED) is 0.521. The molecule has 1 saturated heterocycles. The first-order chi connectivity index (χ1) is 15.8. The van der Waals surface area contributed by atoms with E-state index in [-0.39, 0.29) is 6.61 Å². The number of pyridine rings is 2. The zero-order valence-electron chi connectivity index (χ0n) is 17.8. The summed E-state index contributed by atoms with van der Waals surface area (Å²) in [7, 11) is 0. The van der Waals surface area contributed by atoms with Crippen LogP contribution in [0.4, 0.5) is 5.95 Å². The van der Waals surface area contributed by atoms with Crippen molar-refractivity contribution in [3.63, 3.8) is 0 Å². The first-order valence-electron chi connectivity index (χ1n) is 11.3. The average Bonchev–Trinajstić information content (AvgIpc) is 3.63. The van der Waals surface area contributed by atoms with Crippen LogP contribution in [0.1, 0.15) is 48.9 Å². The molecular weight excluding hydrogens is 402 g/mol. The molecular formula is C24H25N7O. The van der Waals surface area contributed by atoms with E-state index in [0.29, 0.717) is 17.7 Å². The van der Waals surface area contributed by atoms with Crippen LogP contribution < -0.4 is 4.90 Å². The highest BCUT2D eigenvalue weighted by Gasteiger charge is 2.26. The Morgan fingerprint density at radius 3 is 2.50 bits per heavy atom. The zero-order valence-corrected chi connectivity index (χ0v) is 17.8. The number of anilines is 1. The van der Waals surface area contributed by atoms with E-state index in [9.17, 15) is 5.11 Å². The molecule has 2 aliphatic rings. The number of aliphatic hydroxyl groups is 1. The maximum atomic E-state index is 9.59. The van der Waals surface area contributed by atoms with Gasteiger partial charge < -0.3 is 10.0 Å². The fourth-order valence-electron chi connectivity index (χ4n) is 4.61. The van der Waals surface area contributed by atoms with Crippen molar-refractivity contribution in [3.05, 3.63) is 60.4 Å². The number of hydrogen-bond acceptors (Lipinski definition) is 7. The normalized spacial score (nSPS) is 17.2. The minimum absolute atomic E-state index is 0.110. The summed E-state index contributed by atoms with van der Waals surface area (Å²) in [6.07, 6.45) is 14.0. The number of hydrogen-bond donors (Lipinski definition) is 1. The lowest BCUT2D eigenvalue weighted by Crippen LogP contribution is -2.36. The SMILES string of the molecule is OCc1ncccc1-c1cc2cnn(C3CCN(c4ncc(C5CC5)cn4)CC3)c2cn1. The Hall–Kier alpha value is -3.39. The average molecular weight is 428 g/mol. The predicted octanol–water partition coefficient (Wildman–Crippen LogP) is 3.49. The van der Waals surface area contributed by atoms with Crippen molar-refractivity contribution in [1.29, 1.82) is 0 Å². The van der Waals surface area contributed by atoms with Crippen molar-refractivity contribution < 1.29 is 5.11 Å². The van der Waals surface area contributed by atoms with Gasteiger partial charge in [0, 0.05) is 42.6 Å². The largest absolute Gasteiger partial charge is 0.390 e. The Labute approximate surface area is 186 Å². The Bertz CT molecular complexity index is 1240. The van der Waals surface area contributed by atoms with E-state index >= 15 is 0 Å². The Morgan fingerprint density at radius 2 is 1.75 bits per heavy atom. The third-order valence-corrected chi connectivity index (χ3v) is 6.60. The van der Waals surface area contributed by atoms with E-state index in [2.05, 4.69) is 29.5 Å². The summed E-state index contributed by atoms with van der Waals surface area (Å²) in [5, 5.41) is 15.3. The highest BCUT2D eigenvalue weighted by molar-refractivity contribution is 5.82. The first kappa shape index (κ1) is 19.3. The van der Waals surface area contributed by atoms with Gasteiger partial charge in [0.25, 0.3) is 0 Å². The molecule has 1 aliphatic carbocycles. The fraction of sp³-hybridized carbons (Fsp3) is 0.375. The fourth-order valence-corrected chi connectivity index (χ4v) is 4.61. The molecule has 5 heterocycles. The van der Waals surface area contributed by atoms with Gasteiger partial charge in [-0.1, -0.05) is 0 Å². The maximum Gasteiger partial charge on any atom is 0.225 e. The van der Waals surface area contributed by atoms with Gasteiger partial charge in [-0.3, -0.25) is 14.6 Å². The first-order valence-corrected chi connectivity index (χ1v) is 11.3. The van der Waals surface area contributed by atoms with Gasteiger partial charge in [-0.2, -0.15) is 5.10 Å². The van der Waals surface area contributed by atoms with Crippen LogP contribution in [0.3, 0.4) is 0 Å². The van der Waals surface area contributed by atoms with Crippen LogP contribution >= 0.6 is 0 Å². The van der Waals surface area contributed by atoms with Crippen molar-refractivity contribution in [2.75, 3.05) is 18.0 Å². The number of piperidine rings is 1. The van der Waals surface area contributed by atoms with Crippen molar-refractivity contribution in [1.82, 2.24) is 29.7 Å². The molecule has 0 bridgehead atoms. The van der Waals surface area contributed by atoms with Crippen molar-refractivity contribution >= 4 is 16.9 Å². The van der Waals surface area contributed by atoms with E-state index in [4.69, 9.17) is 5.10 Å². The lowest BCUT2D eigenvalue weighted by atomic mass is 10.1. The van der Waals surface area contributed by atoms with Crippen LogP contribution in [0, 0.1) is 0 Å². The number of fused-ring (bicyclic) bond motifs is 1. The molecule has 8 nitrogen and oxygen atoms in total. The summed E-state index contributed by atoms with van der Waals surface area (Å²) in [5.74, 6) is 1.52. The lowest BCUT2D eigenvalue weighted by Gasteiger charge is -2.32. The molecule has 0 radical (unpaired) electrons. The Kier molecular flexibility index (Phi) is 4.79. The minimum atomic E-state index is -0.110. The van der Waals surface area contributed by atoms with Gasteiger partial charge in [0.05, 0.1) is 41.9 Å². The molecule has 162 valence electrons. The van der Waals surface area contributed by atoms with Crippen molar-refractivity contribution in [3.8, 4) is 11.3 Å². The molecule has 4 aromatic heterocycles. The molecule has 0 aromatic carbocycles. The molecule has 32 heavy (non-hydrogen) atoms. The topological polar surface area (TPSA) is 92.9 Å². The van der Waals surface area contributed by atoms with E-state index in [1.54, 1.807) is 6.20 Å². The molecule has 2 fully saturated rings. The molecule has 0 unspecified atom stereocenters. The van der Waals surface area contributed by atoms with Crippen LogP contribution in [0.2, 0.25) is 0 Å². The van der Waals surface area contributed by atoms with Crippen molar-refractivity contribution in [2.24, 2.45) is 0 Å². The summed E-state index contributed by atoms with van der Waals surface area (Å²) in [6, 6.07) is 6.15. The van der Waals surface area contributed by atoms with Crippen LogP contribution in [0.25, 0.3) is 22.2 Å². The lowest BCUT2D eigenvalue weighted by molar-refractivity contribution is 0.277. The van der Waals surface area contributed by atoms with Gasteiger partial charge in [0.1, 0.15) is 0 Å². The highest BCUT2D eigenvalue weighted by atomic mass is 16.3. The van der Waals surface area contributed by atoms with E-state index in [1.807, 2.05) is 43.0 Å². The van der Waals surface area contributed by atoms with E-state index < -0.39 is 0 Å². The summed E-state index contributed by atoms with van der Waals surface area (Å²) < 4.78 is 2.11. The molecule has 6 rings (SSSR count). The number of aromatic nitrogens is 6. The van der Waals surface area contributed by atoms with Gasteiger partial charge in [-0.15, -0.1) is 0 Å². The number of aliphatic hydroxyl groups excluding tert-OH is 1. The summed E-state index contributed by atoms with van der Waals surface area (Å²) in [6.45, 7) is 1.71. The standard InChI is InChI=1S/C24H25N7O/c32-15-22-20(2-1-7-25-22)21-10-17-13-29-31(23(17)14-26-21)19-5-8-30(9-6-19)24-27-11-18(12-28-24)16-3-4-16/h1-2,7,10-14,16,19,32H,3-6,8-9,15H2. The van der Waals surface area contributed by atoms with E-state index in [0.717, 1.165) is 54.0 Å². The van der Waals surface area contributed by atoms with Crippen LogP contribution in [-0.2, 0) is 6.61 Å². The molecule has 1 N–H and O–H groups in total. The monoisotopic (exact) mass is 427 g/mol. The second kappa shape index (κ2) is 7.94. The van der Waals surface area contributed by atoms with Crippen LogP contribution in [0.5, 0.6) is 0 Å². The molecule has 4 aromatic rings. The Morgan fingerprint density at radius 1 is 0.938 bits per heavy atom. The summed E-state index contributed by atoms with van der Waals surface area (Å²) >= 11 is 0. The third-order valence-electron chi connectivity index (χ3n) is 6.60. The van der Waals surface area contributed by atoms with Crippen LogP contribution in [0.15, 0.2) is 49.2 Å². The highest BCUT2D eigenvalue weighted by Crippen LogP contribution is 2.39. The maximum absolute atomic E-state index is 9.59. The number of rotatable bonds is 5. The molecule has 1 aliphatic heterocycles. The van der Waals surface area contributed by atoms with Gasteiger partial charge >= 0.3 is 0 Å². The molecule has 0 amide bonds. The van der Waals surface area contributed by atoms with Gasteiger partial charge in [-0.05, 0) is 55.4 Å². The molecule has 1 saturated carbocycles. The second-order valence-corrected chi connectivity index (χ2v) is 8.68. The Balaban J connectivity index is 1.19. The third kappa shape index (κ3) is 3.50. The van der Waals surface area contributed by atoms with E-state index in [1.165, 1.54) is 18.4 Å². The van der Waals surface area contributed by atoms with Gasteiger partial charge in [-0.25, -0.2) is 9.97 Å². The smallest absolute Gasteiger partial charge is 0.225 e. The van der Waals surface area contributed by atoms with Gasteiger partial charge in [0.15, 0.2) is 0 Å². The minimum Gasteiger partial charge on any atom is -0.390 e. The zero-order chi connectivity index (χ0) is 21.5. The summed E-state index contributed by atoms with van der Waals surface area (Å²) in [5.41, 5.74) is 4.59. The number of nitrogens with zero attached hydrogens (tertiary/aromatic N) is 7.